The van der Waals surface area contributed by atoms with Gasteiger partial charge in [0, 0.05) is 16.5 Å². The fourth-order valence-electron chi connectivity index (χ4n) is 2.58. The first-order valence-corrected chi connectivity index (χ1v) is 7.54. The van der Waals surface area contributed by atoms with Crippen LogP contribution >= 0.6 is 11.3 Å². The zero-order valence-corrected chi connectivity index (χ0v) is 11.8. The normalized spacial score (nSPS) is 15.9. The number of anilines is 1. The summed E-state index contributed by atoms with van der Waals surface area (Å²) in [6.07, 6.45) is 5.11. The number of aryl methyl sites for hydroxylation is 1. The third-order valence-electron chi connectivity index (χ3n) is 3.60. The van der Waals surface area contributed by atoms with Crippen LogP contribution < -0.4 is 5.32 Å². The van der Waals surface area contributed by atoms with Gasteiger partial charge in [-0.2, -0.15) is 0 Å². The maximum Gasteiger partial charge on any atom is 0.183 e. The molecule has 0 bridgehead atoms. The lowest BCUT2D eigenvalue weighted by Crippen LogP contribution is -2.13. The summed E-state index contributed by atoms with van der Waals surface area (Å²) in [5.74, 6) is -0.207. The molecule has 1 fully saturated rings. The van der Waals surface area contributed by atoms with E-state index in [1.165, 1.54) is 42.7 Å². The predicted molar refractivity (Wildman–Crippen MR) is 78.1 cm³/mol. The van der Waals surface area contributed by atoms with Crippen molar-refractivity contribution in [2.75, 3.05) is 5.32 Å². The van der Waals surface area contributed by atoms with Crippen LogP contribution in [0.15, 0.2) is 24.3 Å². The van der Waals surface area contributed by atoms with Gasteiger partial charge in [-0.15, -0.1) is 11.3 Å². The van der Waals surface area contributed by atoms with E-state index in [-0.39, 0.29) is 5.82 Å². The van der Waals surface area contributed by atoms with Crippen molar-refractivity contribution >= 4 is 16.5 Å². The van der Waals surface area contributed by atoms with E-state index < -0.39 is 0 Å². The van der Waals surface area contributed by atoms with Crippen LogP contribution in [0.3, 0.4) is 0 Å². The molecule has 2 nitrogen and oxygen atoms in total. The van der Waals surface area contributed by atoms with Crippen LogP contribution in [0.1, 0.15) is 30.6 Å². The van der Waals surface area contributed by atoms with Gasteiger partial charge in [-0.1, -0.05) is 12.8 Å². The van der Waals surface area contributed by atoms with E-state index in [1.54, 1.807) is 23.5 Å². The Morgan fingerprint density at radius 3 is 2.58 bits per heavy atom. The van der Waals surface area contributed by atoms with Crippen LogP contribution in [0.4, 0.5) is 9.52 Å². The van der Waals surface area contributed by atoms with Gasteiger partial charge in [0.1, 0.15) is 5.82 Å². The summed E-state index contributed by atoms with van der Waals surface area (Å²) in [4.78, 5) is 5.83. The molecule has 2 aromatic rings. The lowest BCUT2D eigenvalue weighted by atomic mass is 10.1. The zero-order chi connectivity index (χ0) is 13.2. The van der Waals surface area contributed by atoms with E-state index in [9.17, 15) is 4.39 Å². The number of halogens is 1. The second kappa shape index (κ2) is 5.29. The summed E-state index contributed by atoms with van der Waals surface area (Å²) < 4.78 is 12.9. The van der Waals surface area contributed by atoms with Gasteiger partial charge in [0.25, 0.3) is 0 Å². The number of rotatable bonds is 3. The van der Waals surface area contributed by atoms with Crippen LogP contribution in [0.25, 0.3) is 11.3 Å². The molecule has 1 heterocycles. The average molecular weight is 276 g/mol. The molecule has 0 amide bonds. The third-order valence-corrected chi connectivity index (χ3v) is 4.50. The molecule has 1 saturated carbocycles. The topological polar surface area (TPSA) is 24.9 Å². The standard InChI is InChI=1S/C15H17FN2S/c1-10-14(11-6-8-12(16)9-7-11)18-15(19-10)17-13-4-2-3-5-13/h6-9,13H,2-5H2,1H3,(H,17,18). The Bertz CT molecular complexity index is 556. The van der Waals surface area contributed by atoms with Crippen molar-refractivity contribution < 1.29 is 4.39 Å². The van der Waals surface area contributed by atoms with E-state index in [0.717, 1.165) is 16.4 Å². The summed E-state index contributed by atoms with van der Waals surface area (Å²) in [6, 6.07) is 7.12. The number of aromatic nitrogens is 1. The predicted octanol–water partition coefficient (Wildman–Crippen LogP) is 4.61. The van der Waals surface area contributed by atoms with Crippen molar-refractivity contribution in [3.63, 3.8) is 0 Å². The molecule has 0 radical (unpaired) electrons. The van der Waals surface area contributed by atoms with Gasteiger partial charge in [-0.05, 0) is 44.0 Å². The fraction of sp³-hybridized carbons (Fsp3) is 0.400. The summed E-state index contributed by atoms with van der Waals surface area (Å²) in [6.45, 7) is 2.07. The highest BCUT2D eigenvalue weighted by atomic mass is 32.1. The van der Waals surface area contributed by atoms with Crippen LogP contribution in [0, 0.1) is 12.7 Å². The first-order valence-electron chi connectivity index (χ1n) is 6.72. The number of thiazole rings is 1. The molecule has 4 heteroatoms. The Morgan fingerprint density at radius 1 is 1.21 bits per heavy atom. The summed E-state index contributed by atoms with van der Waals surface area (Å²) >= 11 is 1.68. The molecule has 1 aromatic carbocycles. The van der Waals surface area contributed by atoms with Crippen LogP contribution in [-0.4, -0.2) is 11.0 Å². The Hall–Kier alpha value is -1.42. The van der Waals surface area contributed by atoms with Gasteiger partial charge < -0.3 is 5.32 Å². The summed E-state index contributed by atoms with van der Waals surface area (Å²) in [7, 11) is 0. The second-order valence-corrected chi connectivity index (χ2v) is 6.26. The van der Waals surface area contributed by atoms with E-state index in [0.29, 0.717) is 6.04 Å². The van der Waals surface area contributed by atoms with E-state index in [4.69, 9.17) is 0 Å². The van der Waals surface area contributed by atoms with Crippen molar-refractivity contribution in [2.45, 2.75) is 38.6 Å². The molecule has 0 saturated heterocycles. The van der Waals surface area contributed by atoms with Crippen molar-refractivity contribution in [2.24, 2.45) is 0 Å². The highest BCUT2D eigenvalue weighted by molar-refractivity contribution is 7.16. The van der Waals surface area contributed by atoms with Gasteiger partial charge in [0.05, 0.1) is 5.69 Å². The number of hydrogen-bond donors (Lipinski definition) is 1. The van der Waals surface area contributed by atoms with Gasteiger partial charge in [-0.3, -0.25) is 0 Å². The Kier molecular flexibility index (Phi) is 3.51. The number of nitrogens with one attached hydrogen (secondary N) is 1. The summed E-state index contributed by atoms with van der Waals surface area (Å²) in [5.41, 5.74) is 1.94. The fourth-order valence-corrected chi connectivity index (χ4v) is 3.49. The second-order valence-electron chi connectivity index (χ2n) is 5.06. The van der Waals surface area contributed by atoms with Crippen LogP contribution in [0.2, 0.25) is 0 Å². The molecule has 0 atom stereocenters. The number of nitrogens with zero attached hydrogens (tertiary/aromatic N) is 1. The molecular weight excluding hydrogens is 259 g/mol. The van der Waals surface area contributed by atoms with Crippen molar-refractivity contribution in [3.05, 3.63) is 35.0 Å². The highest BCUT2D eigenvalue weighted by Crippen LogP contribution is 2.32. The number of hydrogen-bond acceptors (Lipinski definition) is 3. The molecular formula is C15H17FN2S. The molecule has 1 N–H and O–H groups in total. The summed E-state index contributed by atoms with van der Waals surface area (Å²) in [5, 5.41) is 4.51. The lowest BCUT2D eigenvalue weighted by molar-refractivity contribution is 0.628. The monoisotopic (exact) mass is 276 g/mol. The Balaban J connectivity index is 1.82. The van der Waals surface area contributed by atoms with Crippen molar-refractivity contribution in [1.29, 1.82) is 0 Å². The van der Waals surface area contributed by atoms with Gasteiger partial charge in [0.2, 0.25) is 0 Å². The maximum atomic E-state index is 12.9. The molecule has 0 aliphatic heterocycles. The Morgan fingerprint density at radius 2 is 1.89 bits per heavy atom. The molecule has 0 spiro atoms. The van der Waals surface area contributed by atoms with E-state index in [2.05, 4.69) is 17.2 Å². The quantitative estimate of drug-likeness (QED) is 0.885. The van der Waals surface area contributed by atoms with E-state index in [1.807, 2.05) is 0 Å². The minimum atomic E-state index is -0.207. The van der Waals surface area contributed by atoms with Crippen LogP contribution in [-0.2, 0) is 0 Å². The SMILES string of the molecule is Cc1sc(NC2CCCC2)nc1-c1ccc(F)cc1. The number of benzene rings is 1. The smallest absolute Gasteiger partial charge is 0.183 e. The van der Waals surface area contributed by atoms with Crippen molar-refractivity contribution in [3.8, 4) is 11.3 Å². The van der Waals surface area contributed by atoms with E-state index >= 15 is 0 Å². The van der Waals surface area contributed by atoms with Gasteiger partial charge in [-0.25, -0.2) is 9.37 Å². The Labute approximate surface area is 116 Å². The maximum absolute atomic E-state index is 12.9. The minimum absolute atomic E-state index is 0.207. The molecule has 1 aliphatic rings. The molecule has 3 rings (SSSR count). The zero-order valence-electron chi connectivity index (χ0n) is 10.9. The average Bonchev–Trinajstić information content (AvgIpc) is 3.01. The van der Waals surface area contributed by atoms with Gasteiger partial charge >= 0.3 is 0 Å². The molecule has 0 unspecified atom stereocenters. The first kappa shape index (κ1) is 12.6. The molecule has 100 valence electrons. The van der Waals surface area contributed by atoms with Crippen molar-refractivity contribution in [1.82, 2.24) is 4.98 Å². The minimum Gasteiger partial charge on any atom is -0.359 e. The molecule has 1 aliphatic carbocycles. The lowest BCUT2D eigenvalue weighted by Gasteiger charge is -2.09. The first-order chi connectivity index (χ1) is 9.22. The van der Waals surface area contributed by atoms with Gasteiger partial charge in [0.15, 0.2) is 5.13 Å². The third kappa shape index (κ3) is 2.78. The molecule has 1 aromatic heterocycles. The molecule has 19 heavy (non-hydrogen) atoms. The van der Waals surface area contributed by atoms with Crippen LogP contribution in [0.5, 0.6) is 0 Å². The highest BCUT2D eigenvalue weighted by Gasteiger charge is 2.17. The largest absolute Gasteiger partial charge is 0.359 e.